The van der Waals surface area contributed by atoms with E-state index in [0.29, 0.717) is 26.2 Å². The first-order valence-electron chi connectivity index (χ1n) is 7.46. The molecule has 2 amide bonds. The summed E-state index contributed by atoms with van der Waals surface area (Å²) in [5, 5.41) is 2.68. The molecule has 0 aromatic heterocycles. The van der Waals surface area contributed by atoms with Crippen molar-refractivity contribution in [2.45, 2.75) is 39.9 Å². The Morgan fingerprint density at radius 1 is 1.24 bits per heavy atom. The number of sulfonamides is 1. The van der Waals surface area contributed by atoms with E-state index < -0.39 is 10.0 Å². The van der Waals surface area contributed by atoms with Crippen molar-refractivity contribution in [1.82, 2.24) is 14.5 Å². The Kier molecular flexibility index (Phi) is 6.89. The minimum atomic E-state index is -3.30. The molecule has 1 fully saturated rings. The van der Waals surface area contributed by atoms with E-state index in [4.69, 9.17) is 4.74 Å². The van der Waals surface area contributed by atoms with Gasteiger partial charge in [0.15, 0.2) is 0 Å². The number of urea groups is 1. The molecule has 0 bridgehead atoms. The van der Waals surface area contributed by atoms with E-state index in [0.717, 1.165) is 0 Å². The molecule has 2 atom stereocenters. The second-order valence-electron chi connectivity index (χ2n) is 5.29. The zero-order chi connectivity index (χ0) is 16.0. The molecular weight excluding hydrogens is 294 g/mol. The first-order valence-corrected chi connectivity index (χ1v) is 9.07. The van der Waals surface area contributed by atoms with E-state index in [1.165, 1.54) is 4.31 Å². The molecule has 1 saturated heterocycles. The maximum Gasteiger partial charge on any atom is 0.317 e. The highest BCUT2D eigenvalue weighted by Crippen LogP contribution is 2.10. The molecule has 0 unspecified atom stereocenters. The van der Waals surface area contributed by atoms with E-state index in [1.54, 1.807) is 18.7 Å². The summed E-state index contributed by atoms with van der Waals surface area (Å²) in [5.41, 5.74) is 0. The highest BCUT2D eigenvalue weighted by atomic mass is 32.2. The molecule has 1 heterocycles. The Hall–Kier alpha value is -0.860. The molecule has 7 nitrogen and oxygen atoms in total. The van der Waals surface area contributed by atoms with Gasteiger partial charge in [0.05, 0.1) is 18.0 Å². The number of hydrogen-bond acceptors (Lipinski definition) is 4. The van der Waals surface area contributed by atoms with Gasteiger partial charge in [0.1, 0.15) is 0 Å². The van der Waals surface area contributed by atoms with Crippen LogP contribution in [0.5, 0.6) is 0 Å². The summed E-state index contributed by atoms with van der Waals surface area (Å²) in [5.74, 6) is -0.0735. The molecule has 21 heavy (non-hydrogen) atoms. The Labute approximate surface area is 127 Å². The third-order valence-corrected chi connectivity index (χ3v) is 5.47. The van der Waals surface area contributed by atoms with Crippen LogP contribution in [0.15, 0.2) is 0 Å². The molecule has 8 heteroatoms. The summed E-state index contributed by atoms with van der Waals surface area (Å²) in [6.45, 7) is 9.51. The third kappa shape index (κ3) is 5.44. The number of hydrogen-bond donors (Lipinski definition) is 1. The Morgan fingerprint density at radius 2 is 1.76 bits per heavy atom. The molecule has 1 N–H and O–H groups in total. The van der Waals surface area contributed by atoms with E-state index in [-0.39, 0.29) is 30.5 Å². The SMILES string of the molecule is CCN(CC)S(=O)(=O)CCNC(=O)N1C[C@@H](C)O[C@@H](C)C1. The van der Waals surface area contributed by atoms with Crippen molar-refractivity contribution in [1.29, 1.82) is 0 Å². The van der Waals surface area contributed by atoms with Crippen molar-refractivity contribution in [3.8, 4) is 0 Å². The van der Waals surface area contributed by atoms with Crippen molar-refractivity contribution in [2.75, 3.05) is 38.5 Å². The number of nitrogens with one attached hydrogen (secondary N) is 1. The van der Waals surface area contributed by atoms with Gasteiger partial charge in [-0.3, -0.25) is 0 Å². The Morgan fingerprint density at radius 3 is 2.24 bits per heavy atom. The normalized spacial score (nSPS) is 23.4. The fourth-order valence-corrected chi connectivity index (χ4v) is 3.89. The van der Waals surface area contributed by atoms with Crippen LogP contribution in [0.3, 0.4) is 0 Å². The zero-order valence-corrected chi connectivity index (χ0v) is 14.1. The smallest absolute Gasteiger partial charge is 0.317 e. The molecule has 0 aromatic rings. The maximum atomic E-state index is 12.0. The summed E-state index contributed by atoms with van der Waals surface area (Å²) in [6.07, 6.45) is -0.00202. The van der Waals surface area contributed by atoms with Crippen LogP contribution in [-0.4, -0.2) is 74.3 Å². The predicted molar refractivity (Wildman–Crippen MR) is 81.7 cm³/mol. The molecule has 124 valence electrons. The van der Waals surface area contributed by atoms with E-state index >= 15 is 0 Å². The Balaban J connectivity index is 2.43. The van der Waals surface area contributed by atoms with E-state index in [9.17, 15) is 13.2 Å². The van der Waals surface area contributed by atoms with E-state index in [1.807, 2.05) is 13.8 Å². The van der Waals surface area contributed by atoms with Crippen molar-refractivity contribution in [3.05, 3.63) is 0 Å². The van der Waals surface area contributed by atoms with Gasteiger partial charge in [-0.2, -0.15) is 0 Å². The van der Waals surface area contributed by atoms with Crippen molar-refractivity contribution < 1.29 is 17.9 Å². The summed E-state index contributed by atoms with van der Waals surface area (Å²) in [4.78, 5) is 13.7. The molecule has 0 saturated carbocycles. The summed E-state index contributed by atoms with van der Waals surface area (Å²) in [6, 6.07) is -0.230. The summed E-state index contributed by atoms with van der Waals surface area (Å²) in [7, 11) is -3.30. The van der Waals surface area contributed by atoms with Gasteiger partial charge in [0.25, 0.3) is 0 Å². The van der Waals surface area contributed by atoms with Crippen LogP contribution in [-0.2, 0) is 14.8 Å². The molecule has 0 aromatic carbocycles. The lowest BCUT2D eigenvalue weighted by molar-refractivity contribution is -0.0544. The molecule has 0 radical (unpaired) electrons. The second-order valence-corrected chi connectivity index (χ2v) is 7.38. The monoisotopic (exact) mass is 321 g/mol. The average Bonchev–Trinajstić information content (AvgIpc) is 2.38. The molecule has 0 spiro atoms. The fourth-order valence-electron chi connectivity index (χ4n) is 2.49. The van der Waals surface area contributed by atoms with Crippen molar-refractivity contribution in [3.63, 3.8) is 0 Å². The molecule has 1 aliphatic heterocycles. The van der Waals surface area contributed by atoms with Crippen LogP contribution in [0.4, 0.5) is 4.79 Å². The van der Waals surface area contributed by atoms with Crippen LogP contribution in [0.25, 0.3) is 0 Å². The minimum Gasteiger partial charge on any atom is -0.372 e. The van der Waals surface area contributed by atoms with Gasteiger partial charge in [0, 0.05) is 32.7 Å². The van der Waals surface area contributed by atoms with Gasteiger partial charge < -0.3 is 15.0 Å². The lowest BCUT2D eigenvalue weighted by Crippen LogP contribution is -2.52. The fraction of sp³-hybridized carbons (Fsp3) is 0.923. The third-order valence-electron chi connectivity index (χ3n) is 3.44. The molecule has 0 aliphatic carbocycles. The maximum absolute atomic E-state index is 12.0. The van der Waals surface area contributed by atoms with Crippen molar-refractivity contribution in [2.24, 2.45) is 0 Å². The number of rotatable bonds is 6. The number of morpholine rings is 1. The number of amides is 2. The van der Waals surface area contributed by atoms with E-state index in [2.05, 4.69) is 5.32 Å². The second kappa shape index (κ2) is 7.95. The summed E-state index contributed by atoms with van der Waals surface area (Å²) < 4.78 is 31.0. The largest absolute Gasteiger partial charge is 0.372 e. The van der Waals surface area contributed by atoms with Crippen molar-refractivity contribution >= 4 is 16.1 Å². The number of nitrogens with zero attached hydrogens (tertiary/aromatic N) is 2. The van der Waals surface area contributed by atoms with Gasteiger partial charge >= 0.3 is 6.03 Å². The van der Waals surface area contributed by atoms with Gasteiger partial charge in [0.2, 0.25) is 10.0 Å². The van der Waals surface area contributed by atoms with Gasteiger partial charge in [-0.25, -0.2) is 17.5 Å². The lowest BCUT2D eigenvalue weighted by atomic mass is 10.2. The average molecular weight is 321 g/mol. The zero-order valence-electron chi connectivity index (χ0n) is 13.3. The lowest BCUT2D eigenvalue weighted by Gasteiger charge is -2.35. The number of ether oxygens (including phenoxy) is 1. The standard InChI is InChI=1S/C13H27N3O4S/c1-5-16(6-2)21(18,19)8-7-14-13(17)15-9-11(3)20-12(4)10-15/h11-12H,5-10H2,1-4H3,(H,14,17)/t11-,12+. The predicted octanol–water partition coefficient (Wildman–Crippen LogP) is 0.477. The van der Waals surface area contributed by atoms with Gasteiger partial charge in [-0.15, -0.1) is 0 Å². The first kappa shape index (κ1) is 18.2. The minimum absolute atomic E-state index is 0.00101. The number of carbonyl (C=O) groups excluding carboxylic acids is 1. The highest BCUT2D eigenvalue weighted by molar-refractivity contribution is 7.89. The van der Waals surface area contributed by atoms with Crippen LogP contribution in [0.1, 0.15) is 27.7 Å². The molecule has 1 aliphatic rings. The molecular formula is C13H27N3O4S. The van der Waals surface area contributed by atoms with Crippen LogP contribution >= 0.6 is 0 Å². The van der Waals surface area contributed by atoms with Crippen LogP contribution in [0.2, 0.25) is 0 Å². The van der Waals surface area contributed by atoms with Crippen LogP contribution < -0.4 is 5.32 Å². The topological polar surface area (TPSA) is 79.0 Å². The Bertz CT molecular complexity index is 427. The molecule has 1 rings (SSSR count). The quantitative estimate of drug-likeness (QED) is 0.771. The number of carbonyl (C=O) groups is 1. The van der Waals surface area contributed by atoms with Crippen LogP contribution in [0, 0.1) is 0 Å². The van der Waals surface area contributed by atoms with Gasteiger partial charge in [-0.05, 0) is 13.8 Å². The summed E-state index contributed by atoms with van der Waals surface area (Å²) >= 11 is 0. The van der Waals surface area contributed by atoms with Gasteiger partial charge in [-0.1, -0.05) is 13.8 Å². The highest BCUT2D eigenvalue weighted by Gasteiger charge is 2.26. The first-order chi connectivity index (χ1) is 9.80.